The second kappa shape index (κ2) is 9.62. The molecule has 1 fully saturated rings. The largest absolute Gasteiger partial charge is 0.314 e. The molecule has 1 heterocycles. The number of non-ortho nitro benzene ring substituents is 1. The van der Waals surface area contributed by atoms with Crippen molar-refractivity contribution in [2.45, 2.75) is 14.7 Å². The molecule has 0 aliphatic carbocycles. The molecule has 1 N–H and O–H groups in total. The van der Waals surface area contributed by atoms with Crippen LogP contribution in [0.5, 0.6) is 0 Å². The SMILES string of the molecule is Cl.O=[N+]([O-])c1ccc(Sc2cc(Cl)cc(Cl)c2)c(S(=O)(=O)N2CCNCC2)c1.[HH]. The number of piperazine rings is 1. The molecule has 0 atom stereocenters. The van der Waals surface area contributed by atoms with Gasteiger partial charge in [0.05, 0.1) is 4.92 Å². The van der Waals surface area contributed by atoms with Crippen molar-refractivity contribution in [3.8, 4) is 0 Å². The highest BCUT2D eigenvalue weighted by molar-refractivity contribution is 8.00. The summed E-state index contributed by atoms with van der Waals surface area (Å²) in [5.74, 6) is 0. The summed E-state index contributed by atoms with van der Waals surface area (Å²) in [6, 6.07) is 8.70. The van der Waals surface area contributed by atoms with Crippen LogP contribution < -0.4 is 5.32 Å². The van der Waals surface area contributed by atoms with Crippen LogP contribution in [0.4, 0.5) is 5.69 Å². The first kappa shape index (κ1) is 23.2. The Kier molecular flexibility index (Phi) is 7.97. The Hall–Kier alpha value is -1.07. The third-order valence-electron chi connectivity index (χ3n) is 3.90. The highest BCUT2D eigenvalue weighted by atomic mass is 35.5. The first-order valence-electron chi connectivity index (χ1n) is 7.90. The van der Waals surface area contributed by atoms with Crippen molar-refractivity contribution in [2.75, 3.05) is 26.2 Å². The number of nitro benzene ring substituents is 1. The minimum Gasteiger partial charge on any atom is -0.314 e. The van der Waals surface area contributed by atoms with Crippen LogP contribution in [0, 0.1) is 10.1 Å². The molecular weight excluding hydrogens is 469 g/mol. The molecule has 2 aromatic rings. The van der Waals surface area contributed by atoms with E-state index in [4.69, 9.17) is 23.2 Å². The van der Waals surface area contributed by atoms with Crippen molar-refractivity contribution in [2.24, 2.45) is 0 Å². The van der Waals surface area contributed by atoms with Gasteiger partial charge < -0.3 is 5.32 Å². The summed E-state index contributed by atoms with van der Waals surface area (Å²) in [5, 5.41) is 15.1. The molecule has 154 valence electrons. The zero-order valence-electron chi connectivity index (χ0n) is 14.3. The van der Waals surface area contributed by atoms with Gasteiger partial charge in [-0.1, -0.05) is 35.0 Å². The van der Waals surface area contributed by atoms with Crippen LogP contribution in [0.3, 0.4) is 0 Å². The van der Waals surface area contributed by atoms with Gasteiger partial charge in [-0.2, -0.15) is 4.31 Å². The van der Waals surface area contributed by atoms with E-state index in [9.17, 15) is 18.5 Å². The Morgan fingerprint density at radius 2 is 1.71 bits per heavy atom. The second-order valence-corrected chi connectivity index (χ2v) is 9.64. The zero-order chi connectivity index (χ0) is 19.6. The van der Waals surface area contributed by atoms with Crippen molar-refractivity contribution in [3.63, 3.8) is 0 Å². The summed E-state index contributed by atoms with van der Waals surface area (Å²) in [7, 11) is -3.89. The molecule has 2 aromatic carbocycles. The number of sulfonamides is 1. The van der Waals surface area contributed by atoms with E-state index in [2.05, 4.69) is 5.32 Å². The minimum absolute atomic E-state index is 0. The van der Waals surface area contributed by atoms with Crippen molar-refractivity contribution < 1.29 is 14.8 Å². The Labute approximate surface area is 184 Å². The summed E-state index contributed by atoms with van der Waals surface area (Å²) >= 11 is 13.2. The van der Waals surface area contributed by atoms with E-state index in [1.807, 2.05) is 0 Å². The molecule has 1 aliphatic rings. The lowest BCUT2D eigenvalue weighted by atomic mass is 10.3. The first-order chi connectivity index (χ1) is 12.8. The molecule has 1 saturated heterocycles. The number of halogens is 3. The number of nitrogens with zero attached hydrogens (tertiary/aromatic N) is 2. The highest BCUT2D eigenvalue weighted by Crippen LogP contribution is 2.38. The fraction of sp³-hybridized carbons (Fsp3) is 0.250. The number of benzene rings is 2. The van der Waals surface area contributed by atoms with Crippen molar-refractivity contribution in [1.82, 2.24) is 9.62 Å². The monoisotopic (exact) mass is 485 g/mol. The van der Waals surface area contributed by atoms with Gasteiger partial charge in [-0.15, -0.1) is 12.4 Å². The fourth-order valence-electron chi connectivity index (χ4n) is 2.63. The van der Waals surface area contributed by atoms with Crippen LogP contribution >= 0.6 is 47.4 Å². The number of rotatable bonds is 5. The van der Waals surface area contributed by atoms with E-state index in [1.54, 1.807) is 18.2 Å². The molecule has 1 aliphatic heterocycles. The lowest BCUT2D eigenvalue weighted by Gasteiger charge is -2.27. The Morgan fingerprint density at radius 3 is 2.29 bits per heavy atom. The maximum Gasteiger partial charge on any atom is 0.270 e. The fourth-order valence-corrected chi connectivity index (χ4v) is 6.19. The topological polar surface area (TPSA) is 92.5 Å². The Morgan fingerprint density at radius 1 is 1.11 bits per heavy atom. The van der Waals surface area contributed by atoms with E-state index >= 15 is 0 Å². The standard InChI is InChI=1S/C16H15Cl2N3O4S2.ClH.H2/c17-11-7-12(18)9-14(8-11)26-15-2-1-13(21(22)23)10-16(15)27(24,25)20-5-3-19-4-6-20;;/h1-2,7-10,19H,3-6H2;2*1H. The normalized spacial score (nSPS) is 15.1. The van der Waals surface area contributed by atoms with Gasteiger partial charge in [0.2, 0.25) is 10.0 Å². The van der Waals surface area contributed by atoms with Crippen LogP contribution in [0.25, 0.3) is 0 Å². The molecular formula is C16H18Cl3N3O4S2. The Balaban J connectivity index is 0.00000210. The lowest BCUT2D eigenvalue weighted by Crippen LogP contribution is -2.46. The molecule has 3 rings (SSSR count). The summed E-state index contributed by atoms with van der Waals surface area (Å²) in [5.41, 5.74) is -0.280. The summed E-state index contributed by atoms with van der Waals surface area (Å²) in [6.45, 7) is 1.66. The molecule has 0 bridgehead atoms. The van der Waals surface area contributed by atoms with Crippen molar-refractivity contribution in [3.05, 3.63) is 56.6 Å². The van der Waals surface area contributed by atoms with Crippen LogP contribution in [-0.4, -0.2) is 43.8 Å². The molecule has 7 nitrogen and oxygen atoms in total. The van der Waals surface area contributed by atoms with E-state index in [0.29, 0.717) is 46.0 Å². The minimum atomic E-state index is -3.89. The van der Waals surface area contributed by atoms with Gasteiger partial charge >= 0.3 is 0 Å². The Bertz CT molecular complexity index is 969. The maximum absolute atomic E-state index is 13.1. The molecule has 12 heteroatoms. The third-order valence-corrected chi connectivity index (χ3v) is 7.45. The summed E-state index contributed by atoms with van der Waals surface area (Å²) in [4.78, 5) is 11.5. The molecule has 0 radical (unpaired) electrons. The van der Waals surface area contributed by atoms with Crippen molar-refractivity contribution >= 4 is 63.1 Å². The van der Waals surface area contributed by atoms with E-state index in [0.717, 1.165) is 17.8 Å². The van der Waals surface area contributed by atoms with E-state index < -0.39 is 14.9 Å². The molecule has 0 unspecified atom stereocenters. The zero-order valence-corrected chi connectivity index (χ0v) is 18.3. The number of nitro groups is 1. The number of nitrogens with one attached hydrogen (secondary N) is 1. The second-order valence-electron chi connectivity index (χ2n) is 5.75. The van der Waals surface area contributed by atoms with Gasteiger partial charge in [-0.3, -0.25) is 10.1 Å². The van der Waals surface area contributed by atoms with Gasteiger partial charge in [0.25, 0.3) is 5.69 Å². The molecule has 0 amide bonds. The number of hydrogen-bond acceptors (Lipinski definition) is 6. The first-order valence-corrected chi connectivity index (χ1v) is 10.9. The van der Waals surface area contributed by atoms with E-state index in [1.165, 1.54) is 16.4 Å². The average molecular weight is 487 g/mol. The van der Waals surface area contributed by atoms with Crippen LogP contribution in [0.2, 0.25) is 10.0 Å². The van der Waals surface area contributed by atoms with Gasteiger partial charge in [0.15, 0.2) is 0 Å². The summed E-state index contributed by atoms with van der Waals surface area (Å²) in [6.07, 6.45) is 0. The lowest BCUT2D eigenvalue weighted by molar-refractivity contribution is -0.385. The highest BCUT2D eigenvalue weighted by Gasteiger charge is 2.30. The predicted molar refractivity (Wildman–Crippen MR) is 115 cm³/mol. The van der Waals surface area contributed by atoms with Crippen LogP contribution in [-0.2, 0) is 10.0 Å². The van der Waals surface area contributed by atoms with Gasteiger partial charge in [-0.25, -0.2) is 8.42 Å². The number of hydrogen-bond donors (Lipinski definition) is 1. The molecule has 0 saturated carbocycles. The smallest absolute Gasteiger partial charge is 0.270 e. The third kappa shape index (κ3) is 5.29. The van der Waals surface area contributed by atoms with Crippen LogP contribution in [0.15, 0.2) is 51.1 Å². The van der Waals surface area contributed by atoms with Crippen molar-refractivity contribution in [1.29, 1.82) is 0 Å². The molecule has 0 aromatic heterocycles. The van der Waals surface area contributed by atoms with Gasteiger partial charge in [-0.05, 0) is 24.3 Å². The van der Waals surface area contributed by atoms with Gasteiger partial charge in [0.1, 0.15) is 4.90 Å². The maximum atomic E-state index is 13.1. The predicted octanol–water partition coefficient (Wildman–Crippen LogP) is 4.31. The van der Waals surface area contributed by atoms with Crippen LogP contribution in [0.1, 0.15) is 1.43 Å². The van der Waals surface area contributed by atoms with E-state index in [-0.39, 0.29) is 24.4 Å². The molecule has 0 spiro atoms. The van der Waals surface area contributed by atoms with Gasteiger partial charge in [0, 0.05) is 59.6 Å². The molecule has 28 heavy (non-hydrogen) atoms. The summed E-state index contributed by atoms with van der Waals surface area (Å²) < 4.78 is 27.6. The average Bonchev–Trinajstić information content (AvgIpc) is 2.61. The quantitative estimate of drug-likeness (QED) is 0.500.